The maximum absolute atomic E-state index is 11.1. The highest BCUT2D eigenvalue weighted by molar-refractivity contribution is 7.15. The van der Waals surface area contributed by atoms with E-state index in [2.05, 4.69) is 31.2 Å². The Hall–Kier alpha value is -2.25. The third-order valence-corrected chi connectivity index (χ3v) is 5.51. The Bertz CT molecular complexity index is 886. The van der Waals surface area contributed by atoms with Gasteiger partial charge in [0.15, 0.2) is 5.13 Å². The number of hydrogen-bond acceptors (Lipinski definition) is 5. The average Bonchev–Trinajstić information content (AvgIpc) is 3.23. The van der Waals surface area contributed by atoms with Gasteiger partial charge < -0.3 is 10.3 Å². The van der Waals surface area contributed by atoms with Crippen LogP contribution in [0.5, 0.6) is 0 Å². The van der Waals surface area contributed by atoms with Crippen molar-refractivity contribution in [1.82, 2.24) is 19.9 Å². The fourth-order valence-corrected chi connectivity index (χ4v) is 4.36. The maximum atomic E-state index is 11.1. The standard InChI is InChI=1S/C18H21N5OS/c1-12(24)22-18-21-9-15(25-18)11-23-6-2-3-13(10-23)14-7-17-16(20-8-14)4-5-19-17/h4-5,7-9,13,19H,2-3,6,10-11H2,1H3,(H,21,22,24)/t13-/m0/s1. The number of hydrogen-bond donors (Lipinski definition) is 2. The molecule has 0 aromatic carbocycles. The largest absolute Gasteiger partial charge is 0.360 e. The Balaban J connectivity index is 1.43. The molecule has 3 aromatic rings. The van der Waals surface area contributed by atoms with Crippen LogP contribution in [-0.2, 0) is 11.3 Å². The predicted octanol–water partition coefficient (Wildman–Crippen LogP) is 3.36. The molecule has 2 N–H and O–H groups in total. The second kappa shape index (κ2) is 6.93. The van der Waals surface area contributed by atoms with Crippen LogP contribution in [0.2, 0.25) is 0 Å². The van der Waals surface area contributed by atoms with Crippen molar-refractivity contribution in [2.45, 2.75) is 32.2 Å². The maximum Gasteiger partial charge on any atom is 0.223 e. The number of likely N-dealkylation sites (tertiary alicyclic amines) is 1. The molecule has 25 heavy (non-hydrogen) atoms. The number of aromatic nitrogens is 3. The number of carbonyl (C=O) groups excluding carboxylic acids is 1. The van der Waals surface area contributed by atoms with Crippen molar-refractivity contribution in [2.75, 3.05) is 18.4 Å². The molecule has 0 unspecified atom stereocenters. The first-order valence-corrected chi connectivity index (χ1v) is 9.37. The van der Waals surface area contributed by atoms with Gasteiger partial charge in [0.2, 0.25) is 5.91 Å². The lowest BCUT2D eigenvalue weighted by atomic mass is 9.91. The van der Waals surface area contributed by atoms with Crippen LogP contribution in [-0.4, -0.2) is 38.8 Å². The third kappa shape index (κ3) is 3.72. The number of pyridine rings is 1. The van der Waals surface area contributed by atoms with Gasteiger partial charge >= 0.3 is 0 Å². The Morgan fingerprint density at radius 3 is 3.24 bits per heavy atom. The predicted molar refractivity (Wildman–Crippen MR) is 99.8 cm³/mol. The van der Waals surface area contributed by atoms with E-state index < -0.39 is 0 Å². The zero-order valence-corrected chi connectivity index (χ0v) is 15.0. The molecule has 1 saturated heterocycles. The summed E-state index contributed by atoms with van der Waals surface area (Å²) in [7, 11) is 0. The van der Waals surface area contributed by atoms with Crippen LogP contribution in [0, 0.1) is 0 Å². The quantitative estimate of drug-likeness (QED) is 0.753. The van der Waals surface area contributed by atoms with Crippen molar-refractivity contribution in [2.24, 2.45) is 0 Å². The minimum Gasteiger partial charge on any atom is -0.360 e. The number of nitrogens with one attached hydrogen (secondary N) is 2. The van der Waals surface area contributed by atoms with Crippen LogP contribution in [0.3, 0.4) is 0 Å². The summed E-state index contributed by atoms with van der Waals surface area (Å²) in [6.45, 7) is 4.51. The van der Waals surface area contributed by atoms with E-state index in [4.69, 9.17) is 0 Å². The van der Waals surface area contributed by atoms with Crippen molar-refractivity contribution in [1.29, 1.82) is 0 Å². The number of nitrogens with zero attached hydrogens (tertiary/aromatic N) is 3. The summed E-state index contributed by atoms with van der Waals surface area (Å²) in [5, 5.41) is 3.43. The van der Waals surface area contributed by atoms with Gasteiger partial charge in [0, 0.05) is 43.5 Å². The van der Waals surface area contributed by atoms with Crippen LogP contribution in [0.15, 0.2) is 30.7 Å². The molecule has 1 aliphatic rings. The number of aromatic amines is 1. The number of thiazole rings is 1. The summed E-state index contributed by atoms with van der Waals surface area (Å²) >= 11 is 1.55. The highest BCUT2D eigenvalue weighted by atomic mass is 32.1. The molecule has 1 atom stereocenters. The number of carbonyl (C=O) groups is 1. The van der Waals surface area contributed by atoms with Crippen molar-refractivity contribution >= 4 is 33.4 Å². The van der Waals surface area contributed by atoms with Gasteiger partial charge in [0.1, 0.15) is 0 Å². The zero-order chi connectivity index (χ0) is 17.2. The number of H-pyrrole nitrogens is 1. The van der Waals surface area contributed by atoms with Gasteiger partial charge in [-0.2, -0.15) is 0 Å². The molecule has 0 aliphatic carbocycles. The first kappa shape index (κ1) is 16.2. The summed E-state index contributed by atoms with van der Waals surface area (Å²) in [4.78, 5) is 26.9. The van der Waals surface area contributed by atoms with Gasteiger partial charge in [-0.05, 0) is 43.0 Å². The summed E-state index contributed by atoms with van der Waals surface area (Å²) in [5.41, 5.74) is 3.44. The van der Waals surface area contributed by atoms with Gasteiger partial charge in [-0.1, -0.05) is 0 Å². The molecular weight excluding hydrogens is 334 g/mol. The summed E-state index contributed by atoms with van der Waals surface area (Å²) < 4.78 is 0. The summed E-state index contributed by atoms with van der Waals surface area (Å²) in [5.74, 6) is 0.433. The molecule has 1 aliphatic heterocycles. The highest BCUT2D eigenvalue weighted by Gasteiger charge is 2.22. The molecular formula is C18H21N5OS. The molecule has 7 heteroatoms. The van der Waals surface area contributed by atoms with Crippen molar-refractivity contribution in [3.63, 3.8) is 0 Å². The van der Waals surface area contributed by atoms with E-state index in [0.29, 0.717) is 11.0 Å². The topological polar surface area (TPSA) is 73.9 Å². The van der Waals surface area contributed by atoms with Gasteiger partial charge in [-0.25, -0.2) is 4.98 Å². The third-order valence-electron chi connectivity index (χ3n) is 4.61. The first-order valence-electron chi connectivity index (χ1n) is 8.55. The van der Waals surface area contributed by atoms with Crippen molar-refractivity contribution < 1.29 is 4.79 Å². The minimum atomic E-state index is -0.0776. The van der Waals surface area contributed by atoms with Gasteiger partial charge in [0.05, 0.1) is 11.0 Å². The number of anilines is 1. The van der Waals surface area contributed by atoms with Gasteiger partial charge in [-0.15, -0.1) is 11.3 Å². The van der Waals surface area contributed by atoms with E-state index in [9.17, 15) is 4.79 Å². The Kier molecular flexibility index (Phi) is 4.50. The highest BCUT2D eigenvalue weighted by Crippen LogP contribution is 2.29. The fourth-order valence-electron chi connectivity index (χ4n) is 3.45. The normalized spacial score (nSPS) is 18.5. The Morgan fingerprint density at radius 2 is 2.36 bits per heavy atom. The van der Waals surface area contributed by atoms with Gasteiger partial charge in [-0.3, -0.25) is 14.7 Å². The minimum absolute atomic E-state index is 0.0776. The number of rotatable bonds is 4. The van der Waals surface area contributed by atoms with E-state index in [-0.39, 0.29) is 5.91 Å². The number of amides is 1. The average molecular weight is 355 g/mol. The van der Waals surface area contributed by atoms with E-state index in [0.717, 1.165) is 30.7 Å². The molecule has 3 aromatic heterocycles. The molecule has 1 amide bonds. The van der Waals surface area contributed by atoms with Crippen LogP contribution < -0.4 is 5.32 Å². The summed E-state index contributed by atoms with van der Waals surface area (Å²) in [6, 6.07) is 4.24. The van der Waals surface area contributed by atoms with E-state index in [1.54, 1.807) is 11.3 Å². The first-order chi connectivity index (χ1) is 12.2. The zero-order valence-electron chi connectivity index (χ0n) is 14.2. The molecule has 6 nitrogen and oxygen atoms in total. The molecule has 4 rings (SSSR count). The molecule has 130 valence electrons. The van der Waals surface area contributed by atoms with Crippen molar-refractivity contribution in [3.05, 3.63) is 41.2 Å². The number of piperidine rings is 1. The van der Waals surface area contributed by atoms with E-state index >= 15 is 0 Å². The van der Waals surface area contributed by atoms with E-state index in [1.165, 1.54) is 30.2 Å². The lowest BCUT2D eigenvalue weighted by Crippen LogP contribution is -2.33. The SMILES string of the molecule is CC(=O)Nc1ncc(CN2CCC[C@H](c3cnc4cc[nH]c4c3)C2)s1. The smallest absolute Gasteiger partial charge is 0.223 e. The van der Waals surface area contributed by atoms with E-state index in [1.807, 2.05) is 24.7 Å². The second-order valence-corrected chi connectivity index (χ2v) is 7.68. The Labute approximate surface area is 150 Å². The van der Waals surface area contributed by atoms with Crippen LogP contribution in [0.1, 0.15) is 36.1 Å². The Morgan fingerprint density at radius 1 is 1.44 bits per heavy atom. The molecule has 0 saturated carbocycles. The monoisotopic (exact) mass is 355 g/mol. The van der Waals surface area contributed by atoms with Crippen LogP contribution >= 0.6 is 11.3 Å². The fraction of sp³-hybridized carbons (Fsp3) is 0.389. The second-order valence-electron chi connectivity index (χ2n) is 6.57. The van der Waals surface area contributed by atoms with Crippen LogP contribution in [0.25, 0.3) is 11.0 Å². The lowest BCUT2D eigenvalue weighted by Gasteiger charge is -2.32. The van der Waals surface area contributed by atoms with Crippen LogP contribution in [0.4, 0.5) is 5.13 Å². The molecule has 4 heterocycles. The molecule has 1 fully saturated rings. The van der Waals surface area contributed by atoms with Gasteiger partial charge in [0.25, 0.3) is 0 Å². The van der Waals surface area contributed by atoms with Crippen molar-refractivity contribution in [3.8, 4) is 0 Å². The molecule has 0 spiro atoms. The number of fused-ring (bicyclic) bond motifs is 1. The summed E-state index contributed by atoms with van der Waals surface area (Å²) in [6.07, 6.45) is 8.21. The molecule has 0 radical (unpaired) electrons. The lowest BCUT2D eigenvalue weighted by molar-refractivity contribution is -0.114. The molecule has 0 bridgehead atoms.